The quantitative estimate of drug-likeness (QED) is 0.634. The number of anilines is 1. The highest BCUT2D eigenvalue weighted by Gasteiger charge is 2.16. The third-order valence-electron chi connectivity index (χ3n) is 3.68. The average molecular weight is 419 g/mol. The lowest BCUT2D eigenvalue weighted by atomic mass is 10.2. The lowest BCUT2D eigenvalue weighted by Gasteiger charge is -2.11. The van der Waals surface area contributed by atoms with Crippen molar-refractivity contribution < 1.29 is 13.2 Å². The summed E-state index contributed by atoms with van der Waals surface area (Å²) in [6, 6.07) is 11.3. The van der Waals surface area contributed by atoms with Crippen LogP contribution in [0.1, 0.15) is 5.56 Å². The molecule has 0 spiro atoms. The molecule has 0 radical (unpaired) electrons. The zero-order valence-corrected chi connectivity index (χ0v) is 16.8. The minimum Gasteiger partial charge on any atom is -0.334 e. The largest absolute Gasteiger partial charge is 0.334 e. The van der Waals surface area contributed by atoms with E-state index >= 15 is 0 Å². The van der Waals surface area contributed by atoms with Crippen molar-refractivity contribution >= 4 is 32.5 Å². The van der Waals surface area contributed by atoms with Crippen molar-refractivity contribution in [2.45, 2.75) is 11.4 Å². The first kappa shape index (κ1) is 19.9. The van der Waals surface area contributed by atoms with Crippen molar-refractivity contribution in [2.75, 3.05) is 19.4 Å². The van der Waals surface area contributed by atoms with E-state index in [9.17, 15) is 13.2 Å². The van der Waals surface area contributed by atoms with Crippen molar-refractivity contribution in [2.24, 2.45) is 0 Å². The molecule has 0 aliphatic rings. The molecule has 2 amide bonds. The third-order valence-corrected chi connectivity index (χ3v) is 6.37. The first-order chi connectivity index (χ1) is 13.4. The van der Waals surface area contributed by atoms with Gasteiger partial charge in [0, 0.05) is 26.8 Å². The predicted molar refractivity (Wildman–Crippen MR) is 106 cm³/mol. The van der Waals surface area contributed by atoms with Gasteiger partial charge in [-0.25, -0.2) is 17.5 Å². The van der Waals surface area contributed by atoms with Gasteiger partial charge in [0.25, 0.3) is 0 Å². The summed E-state index contributed by atoms with van der Waals surface area (Å²) in [5.74, 6) is 0. The van der Waals surface area contributed by atoms with E-state index in [0.29, 0.717) is 15.8 Å². The molecule has 1 aromatic carbocycles. The summed E-state index contributed by atoms with van der Waals surface area (Å²) >= 11 is 1.22. The highest BCUT2D eigenvalue weighted by Crippen LogP contribution is 2.24. The number of rotatable bonds is 6. The molecule has 0 aliphatic heterocycles. The molecule has 3 rings (SSSR count). The molecule has 146 valence electrons. The molecular formula is C17H18N6O3S2. The van der Waals surface area contributed by atoms with Gasteiger partial charge < -0.3 is 5.32 Å². The summed E-state index contributed by atoms with van der Waals surface area (Å²) in [6.07, 6.45) is 1.66. The predicted octanol–water partition coefficient (Wildman–Crippen LogP) is 2.17. The molecule has 0 atom stereocenters. The van der Waals surface area contributed by atoms with E-state index in [0.717, 1.165) is 9.87 Å². The molecule has 9 nitrogen and oxygen atoms in total. The normalized spacial score (nSPS) is 11.4. The van der Waals surface area contributed by atoms with E-state index < -0.39 is 16.1 Å². The number of nitrogens with one attached hydrogen (secondary N) is 2. The van der Waals surface area contributed by atoms with Gasteiger partial charge in [-0.15, -0.1) is 10.2 Å². The monoisotopic (exact) mass is 418 g/mol. The number of carbonyl (C=O) groups excluding carboxylic acids is 1. The SMILES string of the molecule is CN(C)S(=O)(=O)c1ccc(CNC(=O)Nc2nnc(-c3ccccn3)s2)cc1. The van der Waals surface area contributed by atoms with Crippen LogP contribution >= 0.6 is 11.3 Å². The van der Waals surface area contributed by atoms with E-state index in [2.05, 4.69) is 25.8 Å². The van der Waals surface area contributed by atoms with Crippen molar-refractivity contribution in [1.29, 1.82) is 0 Å². The lowest BCUT2D eigenvalue weighted by molar-refractivity contribution is 0.251. The maximum Gasteiger partial charge on any atom is 0.321 e. The maximum atomic E-state index is 12.0. The Hall–Kier alpha value is -2.89. The Morgan fingerprint density at radius 2 is 1.86 bits per heavy atom. The topological polar surface area (TPSA) is 117 Å². The van der Waals surface area contributed by atoms with Gasteiger partial charge in [0.15, 0.2) is 5.01 Å². The van der Waals surface area contributed by atoms with Crippen LogP contribution in [0.25, 0.3) is 10.7 Å². The number of sulfonamides is 1. The second kappa shape index (κ2) is 8.42. The maximum absolute atomic E-state index is 12.0. The zero-order chi connectivity index (χ0) is 20.1. The number of hydrogen-bond acceptors (Lipinski definition) is 7. The summed E-state index contributed by atoms with van der Waals surface area (Å²) in [5.41, 5.74) is 1.44. The van der Waals surface area contributed by atoms with Crippen molar-refractivity contribution in [3.63, 3.8) is 0 Å². The number of amides is 2. The Balaban J connectivity index is 1.56. The number of urea groups is 1. The molecule has 0 fully saturated rings. The molecular weight excluding hydrogens is 400 g/mol. The second-order valence-electron chi connectivity index (χ2n) is 5.87. The summed E-state index contributed by atoms with van der Waals surface area (Å²) in [4.78, 5) is 16.4. The number of hydrogen-bond donors (Lipinski definition) is 2. The number of nitrogens with zero attached hydrogens (tertiary/aromatic N) is 4. The molecule has 2 N–H and O–H groups in total. The molecule has 28 heavy (non-hydrogen) atoms. The molecule has 0 aliphatic carbocycles. The Labute approximate surface area is 166 Å². The van der Waals surface area contributed by atoms with Gasteiger partial charge >= 0.3 is 6.03 Å². The molecule has 2 heterocycles. The van der Waals surface area contributed by atoms with Gasteiger partial charge in [-0.2, -0.15) is 0 Å². The summed E-state index contributed by atoms with van der Waals surface area (Å²) in [5, 5.41) is 14.2. The van der Waals surface area contributed by atoms with Gasteiger partial charge in [0.1, 0.15) is 5.69 Å². The Kier molecular flexibility index (Phi) is 5.97. The van der Waals surface area contributed by atoms with Gasteiger partial charge in [0.2, 0.25) is 15.2 Å². The van der Waals surface area contributed by atoms with E-state index in [-0.39, 0.29) is 11.4 Å². The number of carbonyl (C=O) groups is 1. The van der Waals surface area contributed by atoms with E-state index in [4.69, 9.17) is 0 Å². The van der Waals surface area contributed by atoms with Crippen molar-refractivity contribution in [1.82, 2.24) is 24.8 Å². The number of aromatic nitrogens is 3. The zero-order valence-electron chi connectivity index (χ0n) is 15.2. The van der Waals surface area contributed by atoms with Crippen LogP contribution in [0.4, 0.5) is 9.93 Å². The van der Waals surface area contributed by atoms with Crippen molar-refractivity contribution in [3.05, 3.63) is 54.2 Å². The summed E-state index contributed by atoms with van der Waals surface area (Å²) < 4.78 is 25.2. The smallest absolute Gasteiger partial charge is 0.321 e. The number of benzene rings is 1. The highest BCUT2D eigenvalue weighted by molar-refractivity contribution is 7.89. The Morgan fingerprint density at radius 1 is 1.11 bits per heavy atom. The minimum atomic E-state index is -3.47. The Morgan fingerprint density at radius 3 is 2.50 bits per heavy atom. The number of pyridine rings is 1. The summed E-state index contributed by atoms with van der Waals surface area (Å²) in [7, 11) is -0.523. The fourth-order valence-electron chi connectivity index (χ4n) is 2.18. The van der Waals surface area contributed by atoms with Crippen LogP contribution in [-0.4, -0.2) is 48.0 Å². The average Bonchev–Trinajstić information content (AvgIpc) is 3.15. The van der Waals surface area contributed by atoms with Crippen LogP contribution in [0.5, 0.6) is 0 Å². The Bertz CT molecular complexity index is 1050. The lowest BCUT2D eigenvalue weighted by Crippen LogP contribution is -2.28. The molecule has 11 heteroatoms. The summed E-state index contributed by atoms with van der Waals surface area (Å²) in [6.45, 7) is 0.236. The van der Waals surface area contributed by atoms with Gasteiger partial charge in [-0.05, 0) is 29.8 Å². The van der Waals surface area contributed by atoms with Crippen LogP contribution in [0, 0.1) is 0 Å². The van der Waals surface area contributed by atoms with Crippen LogP contribution in [-0.2, 0) is 16.6 Å². The van der Waals surface area contributed by atoms with Crippen LogP contribution < -0.4 is 10.6 Å². The fraction of sp³-hybridized carbons (Fsp3) is 0.176. The molecule has 2 aromatic heterocycles. The van der Waals surface area contributed by atoms with Gasteiger partial charge in [0.05, 0.1) is 4.90 Å². The van der Waals surface area contributed by atoms with Gasteiger partial charge in [-0.1, -0.05) is 29.5 Å². The van der Waals surface area contributed by atoms with Crippen molar-refractivity contribution in [3.8, 4) is 10.7 Å². The van der Waals surface area contributed by atoms with Gasteiger partial charge in [-0.3, -0.25) is 10.3 Å². The third kappa shape index (κ3) is 4.68. The minimum absolute atomic E-state index is 0.196. The molecule has 0 saturated carbocycles. The van der Waals surface area contributed by atoms with E-state index in [1.807, 2.05) is 12.1 Å². The van der Waals surface area contributed by atoms with E-state index in [1.165, 1.54) is 37.6 Å². The van der Waals surface area contributed by atoms with E-state index in [1.54, 1.807) is 24.4 Å². The van der Waals surface area contributed by atoms with Crippen LogP contribution in [0.3, 0.4) is 0 Å². The van der Waals surface area contributed by atoms with Crippen LogP contribution in [0.15, 0.2) is 53.6 Å². The molecule has 0 unspecified atom stereocenters. The first-order valence-corrected chi connectivity index (χ1v) is 10.4. The second-order valence-corrected chi connectivity index (χ2v) is 9.00. The molecule has 0 saturated heterocycles. The molecule has 3 aromatic rings. The highest BCUT2D eigenvalue weighted by atomic mass is 32.2. The van der Waals surface area contributed by atoms with Crippen LogP contribution in [0.2, 0.25) is 0 Å². The first-order valence-electron chi connectivity index (χ1n) is 8.17. The fourth-order valence-corrected chi connectivity index (χ4v) is 3.80. The molecule has 0 bridgehead atoms. The standard InChI is InChI=1S/C17H18N6O3S2/c1-23(2)28(25,26)13-8-6-12(7-9-13)11-19-16(24)20-17-22-21-15(27-17)14-5-3-4-10-18-14/h3-10H,11H2,1-2H3,(H2,19,20,22,24).